The van der Waals surface area contributed by atoms with Crippen LogP contribution >= 0.6 is 0 Å². The van der Waals surface area contributed by atoms with Crippen molar-refractivity contribution in [1.29, 1.82) is 0 Å². The summed E-state index contributed by atoms with van der Waals surface area (Å²) in [6.07, 6.45) is 4.64. The normalized spacial score (nSPS) is 13.3. The van der Waals surface area contributed by atoms with E-state index in [0.29, 0.717) is 11.6 Å². The minimum atomic E-state index is -0.972. The molecule has 3 rings (SSSR count). The topological polar surface area (TPSA) is 80.0 Å². The summed E-state index contributed by atoms with van der Waals surface area (Å²) in [6, 6.07) is 3.50. The van der Waals surface area contributed by atoms with Gasteiger partial charge in [0.05, 0.1) is 0 Å². The lowest BCUT2D eigenvalue weighted by Gasteiger charge is -2.09. The number of rotatable bonds is 3. The van der Waals surface area contributed by atoms with Crippen molar-refractivity contribution < 1.29 is 9.90 Å². The molecule has 0 aromatic carbocycles. The number of anilines is 2. The first-order valence-electron chi connectivity index (χ1n) is 6.16. The van der Waals surface area contributed by atoms with E-state index in [2.05, 4.69) is 15.4 Å². The molecular weight excluding hydrogens is 244 g/mol. The van der Waals surface area contributed by atoms with Crippen molar-refractivity contribution in [2.75, 3.05) is 5.32 Å². The monoisotopic (exact) mass is 258 g/mol. The highest BCUT2D eigenvalue weighted by Crippen LogP contribution is 2.26. The third-order valence-corrected chi connectivity index (χ3v) is 3.24. The minimum absolute atomic E-state index is 0.200. The van der Waals surface area contributed by atoms with Gasteiger partial charge >= 0.3 is 5.97 Å². The van der Waals surface area contributed by atoms with Crippen molar-refractivity contribution in [2.24, 2.45) is 7.05 Å². The molecule has 2 aromatic heterocycles. The Labute approximate surface area is 110 Å². The predicted molar refractivity (Wildman–Crippen MR) is 69.7 cm³/mol. The average molecular weight is 258 g/mol. The van der Waals surface area contributed by atoms with E-state index in [4.69, 9.17) is 0 Å². The fourth-order valence-electron chi connectivity index (χ4n) is 2.33. The van der Waals surface area contributed by atoms with E-state index in [9.17, 15) is 9.90 Å². The van der Waals surface area contributed by atoms with E-state index in [1.54, 1.807) is 30.1 Å². The van der Waals surface area contributed by atoms with Gasteiger partial charge in [0.1, 0.15) is 11.4 Å². The van der Waals surface area contributed by atoms with Crippen molar-refractivity contribution in [3.05, 3.63) is 35.2 Å². The Morgan fingerprint density at radius 2 is 2.32 bits per heavy atom. The highest BCUT2D eigenvalue weighted by atomic mass is 16.4. The van der Waals surface area contributed by atoms with E-state index in [1.165, 1.54) is 0 Å². The smallest absolute Gasteiger partial charge is 0.339 e. The molecule has 2 heterocycles. The summed E-state index contributed by atoms with van der Waals surface area (Å²) in [7, 11) is 1.80. The van der Waals surface area contributed by atoms with Crippen LogP contribution in [0.25, 0.3) is 0 Å². The molecular formula is C13H14N4O2. The van der Waals surface area contributed by atoms with Crippen LogP contribution in [0.5, 0.6) is 0 Å². The van der Waals surface area contributed by atoms with Crippen molar-refractivity contribution in [1.82, 2.24) is 14.8 Å². The molecule has 0 radical (unpaired) electrons. The largest absolute Gasteiger partial charge is 0.478 e. The second-order valence-corrected chi connectivity index (χ2v) is 4.65. The number of aryl methyl sites for hydroxylation is 3. The van der Waals surface area contributed by atoms with Gasteiger partial charge in [-0.3, -0.25) is 4.68 Å². The fraction of sp³-hybridized carbons (Fsp3) is 0.308. The third-order valence-electron chi connectivity index (χ3n) is 3.24. The zero-order valence-corrected chi connectivity index (χ0v) is 10.6. The molecule has 0 fully saturated rings. The van der Waals surface area contributed by atoms with Crippen LogP contribution in [-0.4, -0.2) is 25.8 Å². The summed E-state index contributed by atoms with van der Waals surface area (Å²) in [6.45, 7) is 0. The van der Waals surface area contributed by atoms with Gasteiger partial charge in [-0.2, -0.15) is 5.10 Å². The quantitative estimate of drug-likeness (QED) is 0.876. The van der Waals surface area contributed by atoms with Gasteiger partial charge in [0, 0.05) is 25.0 Å². The van der Waals surface area contributed by atoms with Crippen molar-refractivity contribution in [3.63, 3.8) is 0 Å². The van der Waals surface area contributed by atoms with Crippen LogP contribution in [0.4, 0.5) is 11.6 Å². The number of pyridine rings is 1. The average Bonchev–Trinajstić information content (AvgIpc) is 2.96. The van der Waals surface area contributed by atoms with Gasteiger partial charge in [0.2, 0.25) is 0 Å². The lowest BCUT2D eigenvalue weighted by molar-refractivity contribution is 0.0697. The van der Waals surface area contributed by atoms with Crippen LogP contribution in [0.3, 0.4) is 0 Å². The number of carboxylic acid groups (broad SMARTS) is 1. The second kappa shape index (κ2) is 4.38. The molecule has 2 aromatic rings. The number of hydrogen-bond donors (Lipinski definition) is 2. The molecule has 1 aliphatic rings. The molecule has 0 aliphatic heterocycles. The van der Waals surface area contributed by atoms with Gasteiger partial charge in [0.25, 0.3) is 0 Å². The molecule has 0 saturated carbocycles. The Kier molecular flexibility index (Phi) is 2.70. The van der Waals surface area contributed by atoms with E-state index < -0.39 is 5.97 Å². The van der Waals surface area contributed by atoms with Crippen LogP contribution in [0.1, 0.15) is 28.0 Å². The van der Waals surface area contributed by atoms with Gasteiger partial charge in [-0.1, -0.05) is 0 Å². The highest BCUT2D eigenvalue weighted by Gasteiger charge is 2.20. The maximum atomic E-state index is 11.3. The summed E-state index contributed by atoms with van der Waals surface area (Å²) < 4.78 is 1.65. The van der Waals surface area contributed by atoms with Gasteiger partial charge in [-0.05, 0) is 30.9 Å². The number of aromatic carboxylic acids is 1. The predicted octanol–water partition coefficient (Wildman–Crippen LogP) is 1.75. The van der Waals surface area contributed by atoms with Crippen LogP contribution in [0, 0.1) is 0 Å². The maximum absolute atomic E-state index is 11.3. The number of aromatic nitrogens is 3. The molecule has 0 saturated heterocycles. The van der Waals surface area contributed by atoms with Crippen LogP contribution in [0.15, 0.2) is 18.3 Å². The van der Waals surface area contributed by atoms with Crippen LogP contribution in [-0.2, 0) is 19.9 Å². The zero-order valence-electron chi connectivity index (χ0n) is 10.6. The highest BCUT2D eigenvalue weighted by molar-refractivity contribution is 5.94. The molecule has 6 nitrogen and oxygen atoms in total. The molecule has 98 valence electrons. The lowest BCUT2D eigenvalue weighted by atomic mass is 10.1. The first-order chi connectivity index (χ1) is 9.13. The summed E-state index contributed by atoms with van der Waals surface area (Å²) in [4.78, 5) is 15.7. The molecule has 0 atom stereocenters. The van der Waals surface area contributed by atoms with Crippen molar-refractivity contribution >= 4 is 17.6 Å². The lowest BCUT2D eigenvalue weighted by Crippen LogP contribution is -2.08. The van der Waals surface area contributed by atoms with Crippen LogP contribution in [0.2, 0.25) is 0 Å². The number of nitrogens with zero attached hydrogens (tertiary/aromatic N) is 3. The molecule has 0 spiro atoms. The van der Waals surface area contributed by atoms with Gasteiger partial charge in [-0.15, -0.1) is 0 Å². The standard InChI is InChI=1S/C13H14N4O2/c1-17-6-5-11(16-17)15-12-9(13(18)19)7-8-3-2-4-10(8)14-12/h5-7H,2-4H2,1H3,(H,18,19)(H,14,15,16). The molecule has 0 bridgehead atoms. The summed E-state index contributed by atoms with van der Waals surface area (Å²) in [5.74, 6) is -0.0112. The molecule has 0 unspecified atom stereocenters. The number of nitrogens with one attached hydrogen (secondary N) is 1. The molecule has 6 heteroatoms. The first kappa shape index (κ1) is 11.7. The van der Waals surface area contributed by atoms with E-state index in [-0.39, 0.29) is 5.56 Å². The molecule has 0 amide bonds. The number of carbonyl (C=O) groups is 1. The molecule has 1 aliphatic carbocycles. The van der Waals surface area contributed by atoms with Crippen molar-refractivity contribution in [2.45, 2.75) is 19.3 Å². The summed E-state index contributed by atoms with van der Waals surface area (Å²) in [5.41, 5.74) is 2.23. The number of carboxylic acids is 1. The van der Waals surface area contributed by atoms with E-state index >= 15 is 0 Å². The van der Waals surface area contributed by atoms with E-state index in [1.807, 2.05) is 0 Å². The maximum Gasteiger partial charge on any atom is 0.339 e. The zero-order chi connectivity index (χ0) is 13.4. The summed E-state index contributed by atoms with van der Waals surface area (Å²) in [5, 5.41) is 16.4. The Morgan fingerprint density at radius 1 is 1.47 bits per heavy atom. The summed E-state index contributed by atoms with van der Waals surface area (Å²) >= 11 is 0. The minimum Gasteiger partial charge on any atom is -0.478 e. The Bertz CT molecular complexity index is 648. The third kappa shape index (κ3) is 2.16. The second-order valence-electron chi connectivity index (χ2n) is 4.65. The fourth-order valence-corrected chi connectivity index (χ4v) is 2.33. The Morgan fingerprint density at radius 3 is 3.00 bits per heavy atom. The van der Waals surface area contributed by atoms with E-state index in [0.717, 1.165) is 30.5 Å². The first-order valence-corrected chi connectivity index (χ1v) is 6.16. The Hall–Kier alpha value is -2.37. The van der Waals surface area contributed by atoms with Gasteiger partial charge in [-0.25, -0.2) is 9.78 Å². The van der Waals surface area contributed by atoms with Gasteiger partial charge < -0.3 is 10.4 Å². The Balaban J connectivity index is 2.01. The molecule has 2 N–H and O–H groups in total. The number of fused-ring (bicyclic) bond motifs is 1. The van der Waals surface area contributed by atoms with Gasteiger partial charge in [0.15, 0.2) is 5.82 Å². The van der Waals surface area contributed by atoms with Crippen LogP contribution < -0.4 is 5.32 Å². The number of hydrogen-bond acceptors (Lipinski definition) is 4. The van der Waals surface area contributed by atoms with Crippen molar-refractivity contribution in [3.8, 4) is 0 Å². The SMILES string of the molecule is Cn1ccc(Nc2nc3c(cc2C(=O)O)CCC3)n1. The molecule has 19 heavy (non-hydrogen) atoms.